The smallest absolute Gasteiger partial charge is 0.371 e. The number of carbonyl (C=O) groups is 2. The Kier molecular flexibility index (Phi) is 16.3. The van der Waals surface area contributed by atoms with E-state index in [1.807, 2.05) is 0 Å². The number of aliphatic carboxylic acids is 1. The van der Waals surface area contributed by atoms with Crippen molar-refractivity contribution >= 4 is 19.4 Å². The van der Waals surface area contributed by atoms with Gasteiger partial charge in [-0.2, -0.15) is 0 Å². The van der Waals surface area contributed by atoms with E-state index >= 15 is 0 Å². The van der Waals surface area contributed by atoms with Crippen molar-refractivity contribution in [2.75, 3.05) is 13.2 Å². The highest BCUT2D eigenvalue weighted by molar-refractivity contribution is 7.59. The van der Waals surface area contributed by atoms with Crippen LogP contribution in [0, 0.1) is 0 Å². The predicted octanol–water partition coefficient (Wildman–Crippen LogP) is 2.71. The molecule has 170 valence electrons. The molecule has 29 heavy (non-hydrogen) atoms. The summed E-state index contributed by atoms with van der Waals surface area (Å²) in [6, 6.07) is 0. The van der Waals surface area contributed by atoms with Crippen molar-refractivity contribution in [1.82, 2.24) is 0 Å². The fourth-order valence-corrected chi connectivity index (χ4v) is 4.10. The lowest BCUT2D eigenvalue weighted by Crippen LogP contribution is -2.41. The molecule has 0 aromatic rings. The zero-order valence-corrected chi connectivity index (χ0v) is 18.5. The van der Waals surface area contributed by atoms with Gasteiger partial charge in [0.1, 0.15) is 0 Å². The Bertz CT molecular complexity index is 501. The molecule has 0 saturated carbocycles. The van der Waals surface area contributed by atoms with Gasteiger partial charge < -0.3 is 25.3 Å². The third-order valence-corrected chi connectivity index (χ3v) is 6.27. The highest BCUT2D eigenvalue weighted by Gasteiger charge is 2.42. The average molecular weight is 435 g/mol. The van der Waals surface area contributed by atoms with Crippen molar-refractivity contribution < 1.29 is 34.9 Å². The monoisotopic (exact) mass is 435 g/mol. The Hall–Kier alpha value is -0.920. The van der Waals surface area contributed by atoms with Gasteiger partial charge in [-0.15, -0.1) is 0 Å². The summed E-state index contributed by atoms with van der Waals surface area (Å²) < 4.78 is 3.52. The summed E-state index contributed by atoms with van der Waals surface area (Å²) in [5.74, 6) is -1.46. The lowest BCUT2D eigenvalue weighted by Gasteiger charge is -2.20. The van der Waals surface area contributed by atoms with Crippen LogP contribution in [-0.4, -0.2) is 56.8 Å². The first-order valence-corrected chi connectivity index (χ1v) is 11.9. The van der Waals surface area contributed by atoms with Gasteiger partial charge in [0, 0.05) is 0 Å². The number of unbranched alkanes of at least 4 members (excludes halogenated alkanes) is 11. The molecule has 9 heteroatoms. The third kappa shape index (κ3) is 11.7. The SMILES string of the molecule is CCCCCCCCCCCCCC[C@@](CO)(N=[P+]([O-])C(=O)C(O)CO)C(=O)O. The van der Waals surface area contributed by atoms with E-state index in [1.165, 1.54) is 44.9 Å². The Morgan fingerprint density at radius 2 is 1.38 bits per heavy atom. The van der Waals surface area contributed by atoms with Crippen LogP contribution in [0.5, 0.6) is 0 Å². The lowest BCUT2D eigenvalue weighted by atomic mass is 9.94. The number of carboxylic acids is 1. The first kappa shape index (κ1) is 28.1. The summed E-state index contributed by atoms with van der Waals surface area (Å²) in [6.45, 7) is 0.396. The topological polar surface area (TPSA) is 150 Å². The Balaban J connectivity index is 4.28. The van der Waals surface area contributed by atoms with Crippen LogP contribution in [0.3, 0.4) is 0 Å². The van der Waals surface area contributed by atoms with Gasteiger partial charge in [-0.3, -0.25) is 0 Å². The molecule has 0 saturated heterocycles. The summed E-state index contributed by atoms with van der Waals surface area (Å²) in [7, 11) is -3.07. The van der Waals surface area contributed by atoms with Crippen LogP contribution in [0.15, 0.2) is 4.74 Å². The van der Waals surface area contributed by atoms with Crippen molar-refractivity contribution in [2.24, 2.45) is 4.74 Å². The van der Waals surface area contributed by atoms with Crippen LogP contribution < -0.4 is 4.89 Å². The van der Waals surface area contributed by atoms with Crippen molar-refractivity contribution in [3.8, 4) is 0 Å². The van der Waals surface area contributed by atoms with Gasteiger partial charge in [-0.05, 0) is 6.42 Å². The zero-order chi connectivity index (χ0) is 22.1. The molecule has 0 aromatic heterocycles. The summed E-state index contributed by atoms with van der Waals surface area (Å²) in [5, 5.41) is 36.9. The van der Waals surface area contributed by atoms with E-state index < -0.39 is 44.3 Å². The molecule has 8 nitrogen and oxygen atoms in total. The highest BCUT2D eigenvalue weighted by atomic mass is 31.1. The summed E-state index contributed by atoms with van der Waals surface area (Å²) in [4.78, 5) is 35.1. The first-order chi connectivity index (χ1) is 13.8. The maximum absolute atomic E-state index is 11.9. The van der Waals surface area contributed by atoms with Crippen molar-refractivity contribution in [3.63, 3.8) is 0 Å². The van der Waals surface area contributed by atoms with Crippen LogP contribution in [0.4, 0.5) is 0 Å². The minimum Gasteiger partial charge on any atom is -0.605 e. The maximum atomic E-state index is 11.9. The van der Waals surface area contributed by atoms with E-state index in [-0.39, 0.29) is 6.42 Å². The van der Waals surface area contributed by atoms with Crippen LogP contribution in [0.2, 0.25) is 0 Å². The summed E-state index contributed by atoms with van der Waals surface area (Å²) >= 11 is 0. The molecule has 0 heterocycles. The normalized spacial score (nSPS) is 15.1. The molecule has 0 aliphatic heterocycles. The van der Waals surface area contributed by atoms with Gasteiger partial charge in [0.2, 0.25) is 13.5 Å². The van der Waals surface area contributed by atoms with Crippen molar-refractivity contribution in [2.45, 2.75) is 102 Å². The van der Waals surface area contributed by atoms with E-state index in [0.29, 0.717) is 6.42 Å². The molecule has 4 N–H and O–H groups in total. The van der Waals surface area contributed by atoms with Crippen LogP contribution in [-0.2, 0) is 9.59 Å². The largest absolute Gasteiger partial charge is 0.605 e. The Morgan fingerprint density at radius 1 is 0.931 bits per heavy atom. The molecular formula is C20H38NO7P. The van der Waals surface area contributed by atoms with E-state index in [4.69, 9.17) is 5.11 Å². The molecule has 0 spiro atoms. The third-order valence-electron chi connectivity index (χ3n) is 5.03. The fourth-order valence-electron chi connectivity index (χ4n) is 3.07. The predicted molar refractivity (Wildman–Crippen MR) is 111 cm³/mol. The molecule has 0 bridgehead atoms. The second-order valence-corrected chi connectivity index (χ2v) is 8.73. The minimum atomic E-state index is -3.07. The molecule has 0 aromatic carbocycles. The van der Waals surface area contributed by atoms with Gasteiger partial charge in [-0.1, -0.05) is 88.7 Å². The molecule has 0 amide bonds. The maximum Gasteiger partial charge on any atom is 0.371 e. The highest BCUT2D eigenvalue weighted by Crippen LogP contribution is 2.30. The number of hydrogen-bond acceptors (Lipinski definition) is 7. The van der Waals surface area contributed by atoms with E-state index in [1.54, 1.807) is 0 Å². The number of aliphatic hydroxyl groups is 3. The summed E-state index contributed by atoms with van der Waals surface area (Å²) in [5.41, 5.74) is -3.27. The van der Waals surface area contributed by atoms with Gasteiger partial charge >= 0.3 is 11.5 Å². The number of carboxylic acid groups (broad SMARTS) is 1. The molecule has 0 radical (unpaired) electrons. The summed E-state index contributed by atoms with van der Waals surface area (Å²) in [6.07, 6.45) is 11.3. The molecular weight excluding hydrogens is 397 g/mol. The zero-order valence-electron chi connectivity index (χ0n) is 17.6. The Morgan fingerprint density at radius 3 is 1.76 bits per heavy atom. The van der Waals surface area contributed by atoms with Crippen LogP contribution in [0.1, 0.15) is 90.4 Å². The Labute approximate surface area is 174 Å². The number of aliphatic hydroxyl groups excluding tert-OH is 3. The average Bonchev–Trinajstić information content (AvgIpc) is 2.72. The molecule has 0 aliphatic rings. The van der Waals surface area contributed by atoms with E-state index in [2.05, 4.69) is 11.7 Å². The van der Waals surface area contributed by atoms with Crippen molar-refractivity contribution in [1.29, 1.82) is 0 Å². The quantitative estimate of drug-likeness (QED) is 0.180. The van der Waals surface area contributed by atoms with E-state index in [9.17, 15) is 29.8 Å². The second kappa shape index (κ2) is 16.8. The number of nitrogens with zero attached hydrogens (tertiary/aromatic N) is 1. The molecule has 0 fully saturated rings. The minimum absolute atomic E-state index is 0.0418. The van der Waals surface area contributed by atoms with Crippen LogP contribution >= 0.6 is 7.94 Å². The lowest BCUT2D eigenvalue weighted by molar-refractivity contribution is -0.165. The van der Waals surface area contributed by atoms with Gasteiger partial charge in [0.15, 0.2) is 6.10 Å². The fraction of sp³-hybridized carbons (Fsp3) is 0.900. The number of rotatable bonds is 19. The van der Waals surface area contributed by atoms with Gasteiger partial charge in [-0.25, -0.2) is 9.59 Å². The van der Waals surface area contributed by atoms with Gasteiger partial charge in [0.25, 0.3) is 0 Å². The number of hydrogen-bond donors (Lipinski definition) is 4. The van der Waals surface area contributed by atoms with Crippen LogP contribution in [0.25, 0.3) is 0 Å². The molecule has 2 unspecified atom stereocenters. The standard InChI is InChI=1S/C20H38NO7P/c1-2-3-4-5-6-7-8-9-10-11-12-13-14-20(16-23,19(26)27)21-29(28)18(25)17(24)15-22/h17,22-24H,2-16H2,1H3,(H,26,27)/t17?,20-/m0/s1. The molecule has 0 rings (SSSR count). The van der Waals surface area contributed by atoms with Gasteiger partial charge in [0.05, 0.1) is 13.2 Å². The number of carbonyl (C=O) groups excluding carboxylic acids is 1. The first-order valence-electron chi connectivity index (χ1n) is 10.7. The molecule has 3 atom stereocenters. The van der Waals surface area contributed by atoms with E-state index in [0.717, 1.165) is 25.7 Å². The molecule has 0 aliphatic carbocycles. The second-order valence-electron chi connectivity index (χ2n) is 7.54. The van der Waals surface area contributed by atoms with Crippen molar-refractivity contribution in [3.05, 3.63) is 0 Å².